The molecule has 1 saturated heterocycles. The Morgan fingerprint density at radius 3 is 2.70 bits per heavy atom. The summed E-state index contributed by atoms with van der Waals surface area (Å²) >= 11 is 0. The first-order chi connectivity index (χ1) is 14.3. The number of hydrogen-bond acceptors (Lipinski definition) is 5. The monoisotopic (exact) mass is 423 g/mol. The molecular weight excluding hydrogens is 399 g/mol. The molecule has 1 aromatic carbocycles. The molecule has 2 aromatic rings. The zero-order valence-corrected chi connectivity index (χ0v) is 16.8. The zero-order valence-electron chi connectivity index (χ0n) is 16.8. The summed E-state index contributed by atoms with van der Waals surface area (Å²) in [6, 6.07) is 7.63. The van der Waals surface area contributed by atoms with Crippen LogP contribution >= 0.6 is 0 Å². The molecule has 162 valence electrons. The molecule has 2 heterocycles. The summed E-state index contributed by atoms with van der Waals surface area (Å²) in [5.74, 6) is 0.414. The van der Waals surface area contributed by atoms with Gasteiger partial charge in [0, 0.05) is 25.8 Å². The molecule has 6 nitrogen and oxygen atoms in total. The van der Waals surface area contributed by atoms with Crippen LogP contribution in [0, 0.1) is 5.92 Å². The molecule has 1 N–H and O–H groups in total. The van der Waals surface area contributed by atoms with Crippen LogP contribution in [0.5, 0.6) is 11.5 Å². The second-order valence-electron chi connectivity index (χ2n) is 7.06. The first kappa shape index (κ1) is 21.7. The molecule has 30 heavy (non-hydrogen) atoms. The van der Waals surface area contributed by atoms with Gasteiger partial charge in [0.15, 0.2) is 11.5 Å². The van der Waals surface area contributed by atoms with Crippen molar-refractivity contribution in [2.45, 2.75) is 25.6 Å². The van der Waals surface area contributed by atoms with Crippen LogP contribution in [-0.2, 0) is 17.5 Å². The Bertz CT molecular complexity index is 889. The minimum absolute atomic E-state index is 0.123. The Labute approximate surface area is 173 Å². The van der Waals surface area contributed by atoms with Crippen LogP contribution in [0.15, 0.2) is 36.5 Å². The number of carbonyl (C=O) groups excluding carboxylic acids is 1. The number of pyridine rings is 1. The molecule has 0 bridgehead atoms. The fourth-order valence-electron chi connectivity index (χ4n) is 3.58. The quantitative estimate of drug-likeness (QED) is 0.769. The number of methoxy groups -OCH3 is 2. The molecule has 1 aliphatic rings. The Balaban J connectivity index is 1.66. The lowest BCUT2D eigenvalue weighted by Gasteiger charge is -2.34. The molecule has 1 amide bonds. The topological polar surface area (TPSA) is 63.7 Å². The van der Waals surface area contributed by atoms with Gasteiger partial charge in [-0.2, -0.15) is 13.2 Å². The van der Waals surface area contributed by atoms with E-state index in [9.17, 15) is 18.0 Å². The summed E-state index contributed by atoms with van der Waals surface area (Å²) in [6.45, 7) is 0.907. The second kappa shape index (κ2) is 9.23. The van der Waals surface area contributed by atoms with E-state index in [2.05, 4.69) is 10.3 Å². The van der Waals surface area contributed by atoms with Crippen molar-refractivity contribution in [2.24, 2.45) is 5.92 Å². The van der Waals surface area contributed by atoms with Crippen molar-refractivity contribution in [3.05, 3.63) is 47.7 Å². The van der Waals surface area contributed by atoms with Crippen LogP contribution in [0.1, 0.15) is 24.0 Å². The highest BCUT2D eigenvalue weighted by atomic mass is 19.4. The fourth-order valence-corrected chi connectivity index (χ4v) is 3.58. The Hall–Kier alpha value is -2.97. The van der Waals surface area contributed by atoms with Gasteiger partial charge in [-0.05, 0) is 42.7 Å². The summed E-state index contributed by atoms with van der Waals surface area (Å²) in [4.78, 5) is 18.2. The maximum atomic E-state index is 13.3. The SMILES string of the molecule is COc1ccc(CNC(=O)C2CCCN(c3ncccc3C(F)(F)F)C2)cc1OC. The number of nitrogens with one attached hydrogen (secondary N) is 1. The van der Waals surface area contributed by atoms with Crippen molar-refractivity contribution in [3.8, 4) is 11.5 Å². The number of carbonyl (C=O) groups is 1. The van der Waals surface area contributed by atoms with Crippen LogP contribution in [0.25, 0.3) is 0 Å². The predicted octanol–water partition coefficient (Wildman–Crippen LogP) is 3.65. The number of aromatic nitrogens is 1. The van der Waals surface area contributed by atoms with E-state index < -0.39 is 17.7 Å². The predicted molar refractivity (Wildman–Crippen MR) is 106 cm³/mol. The summed E-state index contributed by atoms with van der Waals surface area (Å²) in [5.41, 5.74) is 0.0501. The average molecular weight is 423 g/mol. The first-order valence-corrected chi connectivity index (χ1v) is 9.59. The van der Waals surface area contributed by atoms with E-state index >= 15 is 0 Å². The van der Waals surface area contributed by atoms with Crippen molar-refractivity contribution in [3.63, 3.8) is 0 Å². The van der Waals surface area contributed by atoms with Gasteiger partial charge in [0.25, 0.3) is 0 Å². The number of amides is 1. The molecule has 1 aliphatic heterocycles. The van der Waals surface area contributed by atoms with E-state index in [1.165, 1.54) is 19.4 Å². The number of benzene rings is 1. The standard InChI is InChI=1S/C21H24F3N3O3/c1-29-17-8-7-14(11-18(17)30-2)12-26-20(28)15-5-4-10-27(13-15)19-16(21(22,23)24)6-3-9-25-19/h3,6-9,11,15H,4-5,10,12-13H2,1-2H3,(H,26,28). The maximum absolute atomic E-state index is 13.3. The molecule has 9 heteroatoms. The highest BCUT2D eigenvalue weighted by molar-refractivity contribution is 5.79. The van der Waals surface area contributed by atoms with Crippen molar-refractivity contribution in [2.75, 3.05) is 32.2 Å². The van der Waals surface area contributed by atoms with Crippen molar-refractivity contribution < 1.29 is 27.4 Å². The van der Waals surface area contributed by atoms with Gasteiger partial charge in [0.05, 0.1) is 25.7 Å². The third-order valence-electron chi connectivity index (χ3n) is 5.10. The van der Waals surface area contributed by atoms with Gasteiger partial charge in [-0.25, -0.2) is 4.98 Å². The number of hydrogen-bond donors (Lipinski definition) is 1. The van der Waals surface area contributed by atoms with Crippen molar-refractivity contribution in [1.29, 1.82) is 0 Å². The van der Waals surface area contributed by atoms with Gasteiger partial charge in [-0.3, -0.25) is 4.79 Å². The Kier molecular flexibility index (Phi) is 6.69. The largest absolute Gasteiger partial charge is 0.493 e. The zero-order chi connectivity index (χ0) is 21.7. The molecular formula is C21H24F3N3O3. The van der Waals surface area contributed by atoms with E-state index in [0.29, 0.717) is 30.9 Å². The summed E-state index contributed by atoms with van der Waals surface area (Å²) in [5, 5.41) is 2.87. The fraction of sp³-hybridized carbons (Fsp3) is 0.429. The van der Waals surface area contributed by atoms with E-state index in [-0.39, 0.29) is 24.8 Å². The van der Waals surface area contributed by atoms with Gasteiger partial charge in [0.2, 0.25) is 5.91 Å². The number of halogens is 3. The maximum Gasteiger partial charge on any atom is 0.419 e. The lowest BCUT2D eigenvalue weighted by Crippen LogP contribution is -2.43. The van der Waals surface area contributed by atoms with Gasteiger partial charge >= 0.3 is 6.18 Å². The molecule has 0 saturated carbocycles. The third-order valence-corrected chi connectivity index (χ3v) is 5.10. The normalized spacial score (nSPS) is 16.8. The molecule has 3 rings (SSSR count). The van der Waals surface area contributed by atoms with E-state index in [0.717, 1.165) is 11.6 Å². The Morgan fingerprint density at radius 2 is 2.00 bits per heavy atom. The minimum Gasteiger partial charge on any atom is -0.493 e. The van der Waals surface area contributed by atoms with Crippen LogP contribution < -0.4 is 19.7 Å². The number of anilines is 1. The Morgan fingerprint density at radius 1 is 1.23 bits per heavy atom. The summed E-state index contributed by atoms with van der Waals surface area (Å²) in [6.07, 6.45) is -1.93. The van der Waals surface area contributed by atoms with Gasteiger partial charge in [-0.15, -0.1) is 0 Å². The van der Waals surface area contributed by atoms with Crippen LogP contribution in [0.2, 0.25) is 0 Å². The lowest BCUT2D eigenvalue weighted by atomic mass is 9.96. The second-order valence-corrected chi connectivity index (χ2v) is 7.06. The number of ether oxygens (including phenoxy) is 2. The molecule has 1 unspecified atom stereocenters. The first-order valence-electron chi connectivity index (χ1n) is 9.59. The van der Waals surface area contributed by atoms with Gasteiger partial charge in [0.1, 0.15) is 5.82 Å². The van der Waals surface area contributed by atoms with E-state index in [4.69, 9.17) is 9.47 Å². The van der Waals surface area contributed by atoms with Crippen molar-refractivity contribution in [1.82, 2.24) is 10.3 Å². The van der Waals surface area contributed by atoms with Gasteiger partial charge < -0.3 is 19.7 Å². The minimum atomic E-state index is -4.49. The molecule has 0 aliphatic carbocycles. The molecule has 1 atom stereocenters. The smallest absolute Gasteiger partial charge is 0.419 e. The average Bonchev–Trinajstić information content (AvgIpc) is 2.76. The highest BCUT2D eigenvalue weighted by Crippen LogP contribution is 2.36. The molecule has 1 aromatic heterocycles. The third kappa shape index (κ3) is 4.95. The summed E-state index contributed by atoms with van der Waals surface area (Å²) < 4.78 is 50.4. The highest BCUT2D eigenvalue weighted by Gasteiger charge is 2.37. The van der Waals surface area contributed by atoms with Crippen molar-refractivity contribution >= 4 is 11.7 Å². The van der Waals surface area contributed by atoms with E-state index in [1.54, 1.807) is 24.1 Å². The number of nitrogens with zero attached hydrogens (tertiary/aromatic N) is 2. The van der Waals surface area contributed by atoms with Crippen LogP contribution in [-0.4, -0.2) is 38.2 Å². The van der Waals surface area contributed by atoms with E-state index in [1.807, 2.05) is 6.07 Å². The van der Waals surface area contributed by atoms with Crippen LogP contribution in [0.4, 0.5) is 19.0 Å². The summed E-state index contributed by atoms with van der Waals surface area (Å²) in [7, 11) is 3.07. The number of alkyl halides is 3. The molecule has 1 fully saturated rings. The molecule has 0 spiro atoms. The van der Waals surface area contributed by atoms with Gasteiger partial charge in [-0.1, -0.05) is 6.07 Å². The number of piperidine rings is 1. The molecule has 0 radical (unpaired) electrons. The van der Waals surface area contributed by atoms with Crippen LogP contribution in [0.3, 0.4) is 0 Å². The number of rotatable bonds is 6. The lowest BCUT2D eigenvalue weighted by molar-refractivity contribution is -0.137.